The van der Waals surface area contributed by atoms with Crippen molar-refractivity contribution in [2.45, 2.75) is 90.1 Å². The highest BCUT2D eigenvalue weighted by molar-refractivity contribution is 5.93. The second-order valence-corrected chi connectivity index (χ2v) is 15.1. The number of amides is 4. The SMILES string of the molecule is CC(C)[C@H](NC(=O)[C@@H](Cc1ccccc1)CC(O)[C@H](Cc1ccccc1)NC(=O)OC(C)(C)C)C(=O)N[C@@H](Cc1ccccc1)C(=O)N1CCOCC1. The average molecular weight is 729 g/mol. The third kappa shape index (κ3) is 13.6. The first-order valence-corrected chi connectivity index (χ1v) is 18.6. The van der Waals surface area contributed by atoms with Gasteiger partial charge in [-0.05, 0) is 62.6 Å². The first-order chi connectivity index (χ1) is 25.3. The maximum atomic E-state index is 14.2. The van der Waals surface area contributed by atoms with Gasteiger partial charge in [0.1, 0.15) is 17.7 Å². The Morgan fingerprint density at radius 1 is 0.736 bits per heavy atom. The molecule has 1 fully saturated rings. The maximum Gasteiger partial charge on any atom is 0.407 e. The summed E-state index contributed by atoms with van der Waals surface area (Å²) in [6.07, 6.45) is -0.945. The minimum absolute atomic E-state index is 0.00733. The van der Waals surface area contributed by atoms with Gasteiger partial charge in [-0.15, -0.1) is 0 Å². The van der Waals surface area contributed by atoms with E-state index in [1.807, 2.05) is 105 Å². The molecule has 3 aromatic rings. The average Bonchev–Trinajstić information content (AvgIpc) is 3.13. The summed E-state index contributed by atoms with van der Waals surface area (Å²) in [5.41, 5.74) is 1.92. The highest BCUT2D eigenvalue weighted by Gasteiger charge is 2.35. The number of hydrogen-bond donors (Lipinski definition) is 4. The van der Waals surface area contributed by atoms with E-state index in [0.29, 0.717) is 32.7 Å². The quantitative estimate of drug-likeness (QED) is 0.171. The second kappa shape index (κ2) is 19.9. The third-order valence-electron chi connectivity index (χ3n) is 9.15. The van der Waals surface area contributed by atoms with Crippen LogP contribution in [0.2, 0.25) is 0 Å². The predicted molar refractivity (Wildman–Crippen MR) is 204 cm³/mol. The number of morpholine rings is 1. The Kier molecular flexibility index (Phi) is 15.4. The van der Waals surface area contributed by atoms with Crippen LogP contribution in [0.4, 0.5) is 4.79 Å². The fourth-order valence-electron chi connectivity index (χ4n) is 6.37. The zero-order valence-electron chi connectivity index (χ0n) is 31.6. The monoisotopic (exact) mass is 728 g/mol. The molecule has 53 heavy (non-hydrogen) atoms. The summed E-state index contributed by atoms with van der Waals surface area (Å²) in [5.74, 6) is -2.18. The van der Waals surface area contributed by atoms with E-state index >= 15 is 0 Å². The smallest absolute Gasteiger partial charge is 0.407 e. The van der Waals surface area contributed by atoms with Gasteiger partial charge < -0.3 is 35.4 Å². The van der Waals surface area contributed by atoms with Crippen molar-refractivity contribution < 1.29 is 33.8 Å². The normalized spacial score (nSPS) is 16.1. The number of aliphatic hydroxyl groups is 1. The summed E-state index contributed by atoms with van der Waals surface area (Å²) in [5, 5.41) is 20.5. The Morgan fingerprint density at radius 3 is 1.75 bits per heavy atom. The second-order valence-electron chi connectivity index (χ2n) is 15.1. The molecule has 1 aliphatic heterocycles. The Labute approximate surface area is 313 Å². The Hall–Kier alpha value is -4.74. The molecule has 0 spiro atoms. The van der Waals surface area contributed by atoms with Crippen LogP contribution in [0.1, 0.15) is 57.7 Å². The van der Waals surface area contributed by atoms with E-state index in [4.69, 9.17) is 9.47 Å². The summed E-state index contributed by atoms with van der Waals surface area (Å²) in [6, 6.07) is 25.8. The van der Waals surface area contributed by atoms with Crippen molar-refractivity contribution in [1.29, 1.82) is 0 Å². The van der Waals surface area contributed by atoms with Crippen molar-refractivity contribution >= 4 is 23.8 Å². The van der Waals surface area contributed by atoms with Crippen molar-refractivity contribution in [2.75, 3.05) is 26.3 Å². The third-order valence-corrected chi connectivity index (χ3v) is 9.15. The van der Waals surface area contributed by atoms with Crippen LogP contribution < -0.4 is 16.0 Å². The highest BCUT2D eigenvalue weighted by atomic mass is 16.6. The van der Waals surface area contributed by atoms with Gasteiger partial charge in [0.2, 0.25) is 17.7 Å². The van der Waals surface area contributed by atoms with Crippen LogP contribution in [0.25, 0.3) is 0 Å². The van der Waals surface area contributed by atoms with Gasteiger partial charge in [-0.25, -0.2) is 4.79 Å². The van der Waals surface area contributed by atoms with E-state index in [2.05, 4.69) is 16.0 Å². The zero-order chi connectivity index (χ0) is 38.4. The molecule has 1 aliphatic rings. The molecule has 1 heterocycles. The Morgan fingerprint density at radius 2 is 1.25 bits per heavy atom. The molecule has 0 radical (unpaired) electrons. The van der Waals surface area contributed by atoms with Gasteiger partial charge in [0.05, 0.1) is 25.4 Å². The molecule has 0 saturated carbocycles. The minimum Gasteiger partial charge on any atom is -0.444 e. The number of nitrogens with zero attached hydrogens (tertiary/aromatic N) is 1. The van der Waals surface area contributed by atoms with Gasteiger partial charge in [-0.2, -0.15) is 0 Å². The van der Waals surface area contributed by atoms with Gasteiger partial charge >= 0.3 is 6.09 Å². The van der Waals surface area contributed by atoms with Crippen LogP contribution in [0.15, 0.2) is 91.0 Å². The summed E-state index contributed by atoms with van der Waals surface area (Å²) in [6.45, 7) is 10.7. The minimum atomic E-state index is -1.14. The molecule has 5 atom stereocenters. The lowest BCUT2D eigenvalue weighted by molar-refractivity contribution is -0.141. The van der Waals surface area contributed by atoms with Crippen LogP contribution in [0, 0.1) is 11.8 Å². The predicted octanol–water partition coefficient (Wildman–Crippen LogP) is 4.46. The van der Waals surface area contributed by atoms with E-state index in [0.717, 1.165) is 16.7 Å². The van der Waals surface area contributed by atoms with Crippen LogP contribution in [0.5, 0.6) is 0 Å². The van der Waals surface area contributed by atoms with E-state index in [1.54, 1.807) is 25.7 Å². The molecule has 4 rings (SSSR count). The topological polar surface area (TPSA) is 146 Å². The highest BCUT2D eigenvalue weighted by Crippen LogP contribution is 2.21. The number of rotatable bonds is 16. The fourth-order valence-corrected chi connectivity index (χ4v) is 6.37. The lowest BCUT2D eigenvalue weighted by Gasteiger charge is -2.32. The van der Waals surface area contributed by atoms with Crippen LogP contribution in [-0.4, -0.2) is 90.0 Å². The molecule has 11 heteroatoms. The molecule has 11 nitrogen and oxygen atoms in total. The number of alkyl carbamates (subject to hydrolysis) is 1. The first kappa shape index (κ1) is 41.0. The molecule has 0 aliphatic carbocycles. The molecule has 3 aromatic carbocycles. The number of nitrogens with one attached hydrogen (secondary N) is 3. The molecule has 0 bridgehead atoms. The summed E-state index contributed by atoms with van der Waals surface area (Å²) < 4.78 is 11.0. The molecule has 4 N–H and O–H groups in total. The van der Waals surface area contributed by atoms with Crippen molar-refractivity contribution in [3.63, 3.8) is 0 Å². The Balaban J connectivity index is 1.55. The number of aliphatic hydroxyl groups excluding tert-OH is 1. The first-order valence-electron chi connectivity index (χ1n) is 18.6. The number of carbonyl (C=O) groups is 4. The van der Waals surface area contributed by atoms with Crippen LogP contribution in [0.3, 0.4) is 0 Å². The van der Waals surface area contributed by atoms with E-state index in [9.17, 15) is 24.3 Å². The number of carbonyl (C=O) groups excluding carboxylic acids is 4. The van der Waals surface area contributed by atoms with Gasteiger partial charge in [0.15, 0.2) is 0 Å². The van der Waals surface area contributed by atoms with Crippen molar-refractivity contribution in [2.24, 2.45) is 11.8 Å². The molecule has 286 valence electrons. The standard InChI is InChI=1S/C42H56N4O7/c1-29(2)37(39(49)43-35(27-32-19-13-8-14-20-32)40(50)46-21-23-52-24-22-46)45-38(48)33(25-30-15-9-6-10-16-30)28-36(47)34(26-31-17-11-7-12-18-31)44-41(51)53-42(3,4)5/h6-20,29,33-37,47H,21-28H2,1-5H3,(H,43,49)(H,44,51)(H,45,48)/t33-,34-,35-,36?,37-/m0/s1. The molecule has 4 amide bonds. The summed E-state index contributed by atoms with van der Waals surface area (Å²) in [7, 11) is 0. The largest absolute Gasteiger partial charge is 0.444 e. The van der Waals surface area contributed by atoms with Gasteiger partial charge in [-0.1, -0.05) is 105 Å². The van der Waals surface area contributed by atoms with Crippen LogP contribution in [-0.2, 0) is 43.1 Å². The van der Waals surface area contributed by atoms with Crippen molar-refractivity contribution in [3.8, 4) is 0 Å². The van der Waals surface area contributed by atoms with E-state index < -0.39 is 53.7 Å². The lowest BCUT2D eigenvalue weighted by atomic mass is 9.88. The van der Waals surface area contributed by atoms with Crippen molar-refractivity contribution in [1.82, 2.24) is 20.9 Å². The lowest BCUT2D eigenvalue weighted by Crippen LogP contribution is -2.58. The van der Waals surface area contributed by atoms with Crippen LogP contribution >= 0.6 is 0 Å². The summed E-state index contributed by atoms with van der Waals surface area (Å²) >= 11 is 0. The number of hydrogen-bond acceptors (Lipinski definition) is 7. The van der Waals surface area contributed by atoms with Gasteiger partial charge in [0.25, 0.3) is 0 Å². The number of ether oxygens (including phenoxy) is 2. The number of benzene rings is 3. The van der Waals surface area contributed by atoms with Crippen molar-refractivity contribution in [3.05, 3.63) is 108 Å². The molecule has 0 aromatic heterocycles. The molecule has 1 saturated heterocycles. The maximum absolute atomic E-state index is 14.2. The Bertz CT molecular complexity index is 1590. The molecule has 1 unspecified atom stereocenters. The molecular formula is C42H56N4O7. The summed E-state index contributed by atoms with van der Waals surface area (Å²) in [4.78, 5) is 56.6. The van der Waals surface area contributed by atoms with E-state index in [-0.39, 0.29) is 31.1 Å². The molecular weight excluding hydrogens is 672 g/mol. The fraction of sp³-hybridized carbons (Fsp3) is 0.476. The van der Waals surface area contributed by atoms with E-state index in [1.165, 1.54) is 0 Å². The van der Waals surface area contributed by atoms with Gasteiger partial charge in [-0.3, -0.25) is 14.4 Å². The van der Waals surface area contributed by atoms with Gasteiger partial charge in [0, 0.05) is 25.4 Å². The zero-order valence-corrected chi connectivity index (χ0v) is 31.6.